The number of piperidine rings is 1. The van der Waals surface area contributed by atoms with E-state index in [1.54, 1.807) is 0 Å². The number of imidazole rings is 1. The van der Waals surface area contributed by atoms with Crippen LogP contribution in [0.25, 0.3) is 11.2 Å². The molecule has 0 amide bonds. The molecule has 1 saturated heterocycles. The van der Waals surface area contributed by atoms with Crippen LogP contribution in [-0.2, 0) is 25.7 Å². The fraction of sp³-hybridized carbons (Fsp3) is 0.455. The topological polar surface area (TPSA) is 54.2 Å². The number of halogens is 3. The van der Waals surface area contributed by atoms with E-state index >= 15 is 0 Å². The highest BCUT2D eigenvalue weighted by atomic mass is 19.4. The highest BCUT2D eigenvalue weighted by Gasteiger charge is 2.32. The number of benzene rings is 1. The quantitative estimate of drug-likeness (QED) is 0.684. The van der Waals surface area contributed by atoms with Crippen molar-refractivity contribution >= 4 is 11.2 Å². The number of hydrogen-bond acceptors (Lipinski definition) is 4. The van der Waals surface area contributed by atoms with Gasteiger partial charge in [0, 0.05) is 12.7 Å². The first-order valence-corrected chi connectivity index (χ1v) is 10.4. The zero-order chi connectivity index (χ0) is 20.9. The lowest BCUT2D eigenvalue weighted by atomic mass is 9.88. The molecule has 0 unspecified atom stereocenters. The Morgan fingerprint density at radius 2 is 1.90 bits per heavy atom. The minimum atomic E-state index is -4.44. The molecule has 2 aliphatic heterocycles. The van der Waals surface area contributed by atoms with E-state index in [4.69, 9.17) is 4.98 Å². The Hall–Kier alpha value is -2.61. The summed E-state index contributed by atoms with van der Waals surface area (Å²) in [7, 11) is 0. The second-order valence-corrected chi connectivity index (χ2v) is 8.25. The van der Waals surface area contributed by atoms with Crippen molar-refractivity contribution < 1.29 is 18.3 Å². The number of hydrogen-bond donors (Lipinski definition) is 1. The molecule has 1 N–H and O–H groups in total. The molecule has 3 aromatic rings. The molecule has 0 radical (unpaired) electrons. The van der Waals surface area contributed by atoms with Crippen LogP contribution in [0.15, 0.2) is 30.5 Å². The van der Waals surface area contributed by atoms with Crippen LogP contribution in [0.1, 0.15) is 47.7 Å². The van der Waals surface area contributed by atoms with E-state index in [2.05, 4.69) is 20.5 Å². The minimum absolute atomic E-state index is 0.0644. The Kier molecular flexibility index (Phi) is 4.69. The Labute approximate surface area is 172 Å². The van der Waals surface area contributed by atoms with Crippen LogP contribution in [0.5, 0.6) is 5.75 Å². The average Bonchev–Trinajstić information content (AvgIpc) is 3.08. The van der Waals surface area contributed by atoms with Gasteiger partial charge in [-0.1, -0.05) is 6.07 Å². The highest BCUT2D eigenvalue weighted by Crippen LogP contribution is 2.38. The number of aryl methyl sites for hydroxylation is 2. The van der Waals surface area contributed by atoms with Crippen molar-refractivity contribution in [2.45, 2.75) is 50.9 Å². The molecule has 4 heterocycles. The predicted octanol–water partition coefficient (Wildman–Crippen LogP) is 4.48. The molecule has 0 atom stereocenters. The van der Waals surface area contributed by atoms with Gasteiger partial charge in [-0.3, -0.25) is 4.90 Å². The van der Waals surface area contributed by atoms with Crippen LogP contribution < -0.4 is 0 Å². The lowest BCUT2D eigenvalue weighted by Gasteiger charge is -2.32. The predicted molar refractivity (Wildman–Crippen MR) is 106 cm³/mol. The molecule has 1 fully saturated rings. The summed E-state index contributed by atoms with van der Waals surface area (Å²) in [5.74, 6) is 0.834. The van der Waals surface area contributed by atoms with Gasteiger partial charge < -0.3 is 9.67 Å². The summed E-state index contributed by atoms with van der Waals surface area (Å²) in [5.41, 5.74) is 3.07. The smallest absolute Gasteiger partial charge is 0.416 e. The van der Waals surface area contributed by atoms with Crippen molar-refractivity contribution in [2.75, 3.05) is 13.1 Å². The summed E-state index contributed by atoms with van der Waals surface area (Å²) in [6.07, 6.45) is 1.14. The van der Waals surface area contributed by atoms with Gasteiger partial charge in [-0.15, -0.1) is 0 Å². The van der Waals surface area contributed by atoms with Gasteiger partial charge in [0.05, 0.1) is 17.6 Å². The van der Waals surface area contributed by atoms with Crippen LogP contribution in [0.3, 0.4) is 0 Å². The van der Waals surface area contributed by atoms with Gasteiger partial charge >= 0.3 is 6.18 Å². The summed E-state index contributed by atoms with van der Waals surface area (Å²) < 4.78 is 40.8. The summed E-state index contributed by atoms with van der Waals surface area (Å²) in [6, 6.07) is 5.41. The van der Waals surface area contributed by atoms with Gasteiger partial charge in [-0.2, -0.15) is 13.2 Å². The number of rotatable bonds is 3. The minimum Gasteiger partial charge on any atom is -0.508 e. The van der Waals surface area contributed by atoms with E-state index < -0.39 is 11.7 Å². The summed E-state index contributed by atoms with van der Waals surface area (Å²) in [5, 5.41) is 10.2. The van der Waals surface area contributed by atoms with Gasteiger partial charge in [0.25, 0.3) is 0 Å². The number of pyridine rings is 1. The number of phenols is 1. The van der Waals surface area contributed by atoms with Gasteiger partial charge in [0.15, 0.2) is 5.65 Å². The van der Waals surface area contributed by atoms with Crippen LogP contribution in [0, 0.1) is 0 Å². The third kappa shape index (κ3) is 3.43. The van der Waals surface area contributed by atoms with E-state index in [1.165, 1.54) is 11.6 Å². The molecule has 30 heavy (non-hydrogen) atoms. The maximum absolute atomic E-state index is 12.8. The molecule has 158 valence electrons. The fourth-order valence-corrected chi connectivity index (χ4v) is 4.83. The Morgan fingerprint density at radius 3 is 2.63 bits per heavy atom. The number of aromatic nitrogens is 3. The van der Waals surface area contributed by atoms with Gasteiger partial charge in [-0.05, 0) is 74.0 Å². The van der Waals surface area contributed by atoms with Crippen LogP contribution >= 0.6 is 0 Å². The van der Waals surface area contributed by atoms with Crippen molar-refractivity contribution in [3.8, 4) is 5.75 Å². The summed E-state index contributed by atoms with van der Waals surface area (Å²) in [6.45, 7) is 3.32. The molecular formula is C22H23F3N4O. The average molecular weight is 416 g/mol. The maximum Gasteiger partial charge on any atom is 0.416 e. The number of aromatic hydroxyl groups is 1. The van der Waals surface area contributed by atoms with E-state index in [0.29, 0.717) is 5.56 Å². The van der Waals surface area contributed by atoms with Crippen molar-refractivity contribution in [1.82, 2.24) is 19.4 Å². The SMILES string of the molecule is Oc1cc(C(F)(F)F)ccc1C1CCN(Cc2nc3nccc4c3n2CCC4)CC1. The van der Waals surface area contributed by atoms with Crippen molar-refractivity contribution in [2.24, 2.45) is 0 Å². The molecule has 5 rings (SSSR count). The number of nitrogens with zero attached hydrogens (tertiary/aromatic N) is 4. The van der Waals surface area contributed by atoms with Crippen LogP contribution in [-0.4, -0.2) is 37.6 Å². The molecule has 0 bridgehead atoms. The van der Waals surface area contributed by atoms with Gasteiger partial charge in [-0.25, -0.2) is 9.97 Å². The first-order chi connectivity index (χ1) is 14.4. The Morgan fingerprint density at radius 1 is 1.10 bits per heavy atom. The van der Waals surface area contributed by atoms with E-state index in [1.807, 2.05) is 6.20 Å². The van der Waals surface area contributed by atoms with Gasteiger partial charge in [0.1, 0.15) is 11.6 Å². The normalized spacial score (nSPS) is 18.2. The Balaban J connectivity index is 1.28. The second-order valence-electron chi connectivity index (χ2n) is 8.25. The van der Waals surface area contributed by atoms with Crippen LogP contribution in [0.2, 0.25) is 0 Å². The standard InChI is InChI=1S/C22H23F3N4O/c23-22(24,25)16-3-4-17(18(30)12-16)14-6-10-28(11-7-14)13-19-27-21-20-15(5-8-26-21)2-1-9-29(19)20/h3-5,8,12,14,30H,1-2,6-7,9-11,13H2. The first-order valence-electron chi connectivity index (χ1n) is 10.4. The van der Waals surface area contributed by atoms with Crippen molar-refractivity contribution in [3.63, 3.8) is 0 Å². The fourth-order valence-electron chi connectivity index (χ4n) is 4.83. The monoisotopic (exact) mass is 416 g/mol. The molecule has 5 nitrogen and oxygen atoms in total. The molecule has 1 aromatic carbocycles. The molecule has 0 saturated carbocycles. The van der Waals surface area contributed by atoms with Gasteiger partial charge in [0.2, 0.25) is 0 Å². The van der Waals surface area contributed by atoms with Crippen molar-refractivity contribution in [1.29, 1.82) is 0 Å². The van der Waals surface area contributed by atoms with E-state index in [-0.39, 0.29) is 11.7 Å². The van der Waals surface area contributed by atoms with E-state index in [9.17, 15) is 18.3 Å². The number of alkyl halides is 3. The Bertz CT molecular complexity index is 1080. The first kappa shape index (κ1) is 19.4. The molecule has 0 aliphatic carbocycles. The maximum atomic E-state index is 12.8. The highest BCUT2D eigenvalue weighted by molar-refractivity contribution is 5.76. The summed E-state index contributed by atoms with van der Waals surface area (Å²) >= 11 is 0. The molecular weight excluding hydrogens is 393 g/mol. The van der Waals surface area contributed by atoms with Crippen LogP contribution in [0.4, 0.5) is 13.2 Å². The third-order valence-corrected chi connectivity index (χ3v) is 6.38. The molecule has 2 aromatic heterocycles. The lowest BCUT2D eigenvalue weighted by molar-refractivity contribution is -0.137. The molecule has 8 heteroatoms. The van der Waals surface area contributed by atoms with E-state index in [0.717, 1.165) is 81.0 Å². The zero-order valence-corrected chi connectivity index (χ0v) is 16.5. The lowest BCUT2D eigenvalue weighted by Crippen LogP contribution is -2.33. The van der Waals surface area contributed by atoms with Crippen molar-refractivity contribution in [3.05, 3.63) is 53.0 Å². The largest absolute Gasteiger partial charge is 0.508 e. The third-order valence-electron chi connectivity index (χ3n) is 6.38. The molecule has 0 spiro atoms. The zero-order valence-electron chi connectivity index (χ0n) is 16.5. The molecule has 2 aliphatic rings. The number of likely N-dealkylation sites (tertiary alicyclic amines) is 1. The number of phenolic OH excluding ortho intramolecular Hbond substituents is 1. The second kappa shape index (κ2) is 7.27. The summed E-state index contributed by atoms with van der Waals surface area (Å²) in [4.78, 5) is 11.5.